The average Bonchev–Trinajstić information content (AvgIpc) is 3.05. The van der Waals surface area contributed by atoms with Crippen molar-refractivity contribution in [2.24, 2.45) is 0 Å². The van der Waals surface area contributed by atoms with Crippen molar-refractivity contribution in [3.05, 3.63) is 144 Å². The van der Waals surface area contributed by atoms with Gasteiger partial charge in [0.15, 0.2) is 0 Å². The van der Waals surface area contributed by atoms with Gasteiger partial charge in [-0.25, -0.2) is 0 Å². The van der Waals surface area contributed by atoms with Gasteiger partial charge in [0.05, 0.1) is 9.60 Å². The summed E-state index contributed by atoms with van der Waals surface area (Å²) in [6.07, 6.45) is 0. The minimum Gasteiger partial charge on any atom is -0.0622 e. The Kier molecular flexibility index (Phi) is 3.86. The molecule has 0 bridgehead atoms. The number of hydrogen-bond acceptors (Lipinski definition) is 0. The molecule has 7 aromatic rings. The van der Waals surface area contributed by atoms with E-state index in [0.29, 0.717) is 5.56 Å². The minimum atomic E-state index is -0.479. The third-order valence-corrected chi connectivity index (χ3v) is 7.63. The molecular weight excluding hydrogens is 512 g/mol. The van der Waals surface area contributed by atoms with Crippen LogP contribution in [0.2, 0.25) is 0 Å². The molecule has 0 nitrogen and oxygen atoms in total. The van der Waals surface area contributed by atoms with Gasteiger partial charge in [-0.3, -0.25) is 0 Å². The van der Waals surface area contributed by atoms with Gasteiger partial charge in [-0.05, 0) is 93.7 Å². The second-order valence-electron chi connectivity index (χ2n) is 8.94. The number of benzene rings is 7. The summed E-state index contributed by atoms with van der Waals surface area (Å²) in [5.74, 6) is 0. The molecule has 7 aromatic carbocycles. The molecular formula is C36H23Br. The number of rotatable bonds is 3. The maximum absolute atomic E-state index is 9.06. The average molecular weight is 543 g/mol. The van der Waals surface area contributed by atoms with Crippen LogP contribution in [0.25, 0.3) is 65.7 Å². The monoisotopic (exact) mass is 541 g/mol. The second kappa shape index (κ2) is 9.03. The molecule has 0 N–H and O–H groups in total. The second-order valence-corrected chi connectivity index (χ2v) is 9.73. The summed E-state index contributed by atoms with van der Waals surface area (Å²) >= 11 is 3.83. The van der Waals surface area contributed by atoms with E-state index in [9.17, 15) is 0 Å². The summed E-state index contributed by atoms with van der Waals surface area (Å²) in [5, 5.41) is 3.75. The van der Waals surface area contributed by atoms with Crippen LogP contribution in [0.1, 0.15) is 9.60 Å². The zero-order valence-corrected chi connectivity index (χ0v) is 21.2. The molecule has 0 aliphatic rings. The fraction of sp³-hybridized carbons (Fsp3) is 0. The van der Waals surface area contributed by atoms with E-state index in [-0.39, 0.29) is 40.5 Å². The van der Waals surface area contributed by atoms with Crippen LogP contribution >= 0.6 is 15.9 Å². The molecule has 0 radical (unpaired) electrons. The summed E-state index contributed by atoms with van der Waals surface area (Å²) in [6, 6.07) is 29.9. The van der Waals surface area contributed by atoms with Crippen LogP contribution in [0.3, 0.4) is 0 Å². The predicted molar refractivity (Wildman–Crippen MR) is 163 cm³/mol. The molecule has 7 rings (SSSR count). The summed E-state index contributed by atoms with van der Waals surface area (Å²) in [5.41, 5.74) is 4.90. The van der Waals surface area contributed by atoms with Crippen molar-refractivity contribution >= 4 is 48.2 Å². The van der Waals surface area contributed by atoms with E-state index in [0.717, 1.165) is 48.3 Å². The zero-order valence-electron chi connectivity index (χ0n) is 26.6. The van der Waals surface area contributed by atoms with Crippen LogP contribution in [0.15, 0.2) is 144 Å². The van der Waals surface area contributed by atoms with E-state index >= 15 is 0 Å². The van der Waals surface area contributed by atoms with Crippen molar-refractivity contribution in [1.29, 1.82) is 0 Å². The number of halogens is 1. The van der Waals surface area contributed by atoms with Crippen LogP contribution in [-0.2, 0) is 0 Å². The Hall–Kier alpha value is -4.20. The van der Waals surface area contributed by atoms with Gasteiger partial charge in [0.25, 0.3) is 0 Å². The van der Waals surface area contributed by atoms with Gasteiger partial charge in [-0.2, -0.15) is 0 Å². The Morgan fingerprint density at radius 3 is 1.89 bits per heavy atom. The lowest BCUT2D eigenvalue weighted by atomic mass is 9.89. The van der Waals surface area contributed by atoms with Crippen molar-refractivity contribution in [2.45, 2.75) is 0 Å². The highest BCUT2D eigenvalue weighted by Gasteiger charge is 2.15. The lowest BCUT2D eigenvalue weighted by molar-refractivity contribution is 1.61. The van der Waals surface area contributed by atoms with Gasteiger partial charge >= 0.3 is 0 Å². The Balaban J connectivity index is 1.53. The zero-order chi connectivity index (χ0) is 30.9. The molecule has 0 fully saturated rings. The van der Waals surface area contributed by atoms with Crippen LogP contribution in [0, 0.1) is 0 Å². The molecule has 0 heterocycles. The molecule has 1 heteroatoms. The smallest absolute Gasteiger partial charge is 0.0622 e. The van der Waals surface area contributed by atoms with Gasteiger partial charge in [0, 0.05) is 4.47 Å². The molecule has 0 amide bonds. The first-order valence-corrected chi connectivity index (χ1v) is 12.8. The molecule has 0 aromatic heterocycles. The topological polar surface area (TPSA) is 0 Å². The van der Waals surface area contributed by atoms with Crippen LogP contribution < -0.4 is 0 Å². The summed E-state index contributed by atoms with van der Waals surface area (Å²) in [7, 11) is 0. The molecule has 0 saturated carbocycles. The molecule has 37 heavy (non-hydrogen) atoms. The highest BCUT2D eigenvalue weighted by Crippen LogP contribution is 2.43. The quantitative estimate of drug-likeness (QED) is 0.195. The highest BCUT2D eigenvalue weighted by atomic mass is 79.9. The predicted octanol–water partition coefficient (Wildman–Crippen LogP) is 10.9. The molecule has 0 spiro atoms. The lowest BCUT2D eigenvalue weighted by Crippen LogP contribution is -1.89. The van der Waals surface area contributed by atoms with E-state index in [1.54, 1.807) is 0 Å². The maximum Gasteiger partial charge on any atom is 0.0636 e. The molecule has 0 aliphatic heterocycles. The molecule has 0 unspecified atom stereocenters. The Labute approximate surface area is 234 Å². The normalized spacial score (nSPS) is 14.0. The van der Waals surface area contributed by atoms with Gasteiger partial charge in [-0.1, -0.05) is 127 Å². The molecule has 0 atom stereocenters. The summed E-state index contributed by atoms with van der Waals surface area (Å²) in [6.45, 7) is 0. The fourth-order valence-corrected chi connectivity index (χ4v) is 5.67. The van der Waals surface area contributed by atoms with E-state index in [1.165, 1.54) is 0 Å². The van der Waals surface area contributed by atoms with Crippen molar-refractivity contribution in [3.8, 4) is 33.4 Å². The first kappa shape index (κ1) is 15.8. The lowest BCUT2D eigenvalue weighted by Gasteiger charge is -2.16. The third kappa shape index (κ3) is 3.84. The minimum absolute atomic E-state index is 0.0523. The molecule has 0 aliphatic carbocycles. The van der Waals surface area contributed by atoms with E-state index in [4.69, 9.17) is 9.60 Å². The van der Waals surface area contributed by atoms with Crippen LogP contribution in [0.5, 0.6) is 0 Å². The van der Waals surface area contributed by atoms with Crippen molar-refractivity contribution < 1.29 is 9.60 Å². The number of hydrogen-bond donors (Lipinski definition) is 0. The van der Waals surface area contributed by atoms with E-state index in [1.807, 2.05) is 48.5 Å². The largest absolute Gasteiger partial charge is 0.0636 e. The van der Waals surface area contributed by atoms with Gasteiger partial charge in [0.2, 0.25) is 0 Å². The Morgan fingerprint density at radius 1 is 0.459 bits per heavy atom. The van der Waals surface area contributed by atoms with E-state index < -0.39 is 18.1 Å². The fourth-order valence-electron chi connectivity index (χ4n) is 4.98. The molecule has 0 saturated heterocycles. The first-order chi connectivity index (χ1) is 21.2. The summed E-state index contributed by atoms with van der Waals surface area (Å²) in [4.78, 5) is 0. The van der Waals surface area contributed by atoms with Crippen molar-refractivity contribution in [2.75, 3.05) is 0 Å². The third-order valence-electron chi connectivity index (χ3n) is 6.78. The Bertz CT molecular complexity index is 2300. The van der Waals surface area contributed by atoms with Crippen molar-refractivity contribution in [3.63, 3.8) is 0 Å². The summed E-state index contributed by atoms with van der Waals surface area (Å²) < 4.78 is 60.7. The Morgan fingerprint density at radius 2 is 1.08 bits per heavy atom. The van der Waals surface area contributed by atoms with E-state index in [2.05, 4.69) is 64.5 Å². The van der Waals surface area contributed by atoms with Crippen LogP contribution in [0.4, 0.5) is 0 Å². The highest BCUT2D eigenvalue weighted by molar-refractivity contribution is 9.10. The number of fused-ring (bicyclic) bond motifs is 3. The van der Waals surface area contributed by atoms with Crippen LogP contribution in [-0.4, -0.2) is 0 Å². The van der Waals surface area contributed by atoms with Gasteiger partial charge in [-0.15, -0.1) is 0 Å². The van der Waals surface area contributed by atoms with Crippen molar-refractivity contribution in [1.82, 2.24) is 0 Å². The van der Waals surface area contributed by atoms with Gasteiger partial charge in [0.1, 0.15) is 0 Å². The standard InChI is InChI=1S/C36H23Br/c37-36-32-13-7-6-12-31(32)35(27-17-14-26(15-18-27)24-8-2-1-3-9-24)34-23-30(20-21-33(34)36)29-19-16-25-10-4-5-11-28(25)22-29/h1-23H/i4D,5D,10D,11D,16D,19D,22D. The molecule has 174 valence electrons. The maximum atomic E-state index is 9.06. The SMILES string of the molecule is [2H]c1c([2H])c([2H])c2c([2H])c(-c3ccc4c(Br)c5ccccc5c(-c5ccc(-c6ccccc6)cc5)c4c3)c([2H])c([2H])c2c1[2H]. The van der Waals surface area contributed by atoms with Gasteiger partial charge < -0.3 is 0 Å². The first-order valence-electron chi connectivity index (χ1n) is 15.5.